The van der Waals surface area contributed by atoms with Crippen molar-refractivity contribution in [3.05, 3.63) is 53.3 Å². The molecule has 4 heteroatoms. The first-order valence-electron chi connectivity index (χ1n) is 6.79. The van der Waals surface area contributed by atoms with Crippen LogP contribution in [0.2, 0.25) is 0 Å². The van der Waals surface area contributed by atoms with Gasteiger partial charge in [0.1, 0.15) is 17.3 Å². The molecular weight excluding hydrogens is 269 g/mol. The highest BCUT2D eigenvalue weighted by atomic mass is 19.1. The number of anilines is 1. The number of benzene rings is 2. The van der Waals surface area contributed by atoms with E-state index in [4.69, 9.17) is 9.47 Å². The summed E-state index contributed by atoms with van der Waals surface area (Å²) in [5.74, 6) is 1.21. The molecule has 0 fully saturated rings. The Morgan fingerprint density at radius 2 is 1.81 bits per heavy atom. The van der Waals surface area contributed by atoms with E-state index in [0.29, 0.717) is 5.69 Å². The number of ether oxygens (including phenoxy) is 2. The van der Waals surface area contributed by atoms with Crippen LogP contribution in [-0.2, 0) is 0 Å². The van der Waals surface area contributed by atoms with E-state index in [2.05, 4.69) is 5.32 Å². The normalized spacial score (nSPS) is 11.9. The van der Waals surface area contributed by atoms with E-state index >= 15 is 0 Å². The van der Waals surface area contributed by atoms with Crippen LogP contribution in [0.5, 0.6) is 11.5 Å². The van der Waals surface area contributed by atoms with Gasteiger partial charge in [0.05, 0.1) is 25.9 Å². The minimum Gasteiger partial charge on any atom is -0.497 e. The Labute approximate surface area is 124 Å². The Morgan fingerprint density at radius 1 is 1.05 bits per heavy atom. The third-order valence-corrected chi connectivity index (χ3v) is 3.40. The van der Waals surface area contributed by atoms with Gasteiger partial charge in [-0.05, 0) is 49.7 Å². The first-order valence-corrected chi connectivity index (χ1v) is 6.79. The minimum atomic E-state index is -0.269. The van der Waals surface area contributed by atoms with E-state index in [0.717, 1.165) is 22.6 Å². The van der Waals surface area contributed by atoms with Gasteiger partial charge in [0.2, 0.25) is 0 Å². The highest BCUT2D eigenvalue weighted by molar-refractivity contribution is 5.51. The van der Waals surface area contributed by atoms with Gasteiger partial charge in [0, 0.05) is 5.56 Å². The first kappa shape index (κ1) is 15.2. The third kappa shape index (κ3) is 3.45. The van der Waals surface area contributed by atoms with Crippen molar-refractivity contribution in [3.8, 4) is 11.5 Å². The van der Waals surface area contributed by atoms with Crippen molar-refractivity contribution >= 4 is 5.69 Å². The fourth-order valence-electron chi connectivity index (χ4n) is 2.24. The van der Waals surface area contributed by atoms with Crippen LogP contribution in [0.25, 0.3) is 0 Å². The molecule has 1 atom stereocenters. The van der Waals surface area contributed by atoms with Crippen LogP contribution in [0, 0.1) is 12.7 Å². The quantitative estimate of drug-likeness (QED) is 0.889. The molecule has 21 heavy (non-hydrogen) atoms. The minimum absolute atomic E-state index is 0.119. The Balaban J connectivity index is 2.31. The topological polar surface area (TPSA) is 30.5 Å². The molecule has 112 valence electrons. The molecule has 0 spiro atoms. The van der Waals surface area contributed by atoms with Crippen LogP contribution in [0.15, 0.2) is 36.4 Å². The van der Waals surface area contributed by atoms with Crippen molar-refractivity contribution < 1.29 is 13.9 Å². The molecule has 0 amide bonds. The average molecular weight is 289 g/mol. The zero-order chi connectivity index (χ0) is 15.4. The number of hydrogen-bond acceptors (Lipinski definition) is 3. The van der Waals surface area contributed by atoms with Gasteiger partial charge in [0.25, 0.3) is 0 Å². The third-order valence-electron chi connectivity index (χ3n) is 3.40. The van der Waals surface area contributed by atoms with Gasteiger partial charge in [-0.2, -0.15) is 0 Å². The predicted octanol–water partition coefficient (Wildman–Crippen LogP) is 4.32. The molecule has 2 rings (SSSR count). The summed E-state index contributed by atoms with van der Waals surface area (Å²) in [6.07, 6.45) is 0. The predicted molar refractivity (Wildman–Crippen MR) is 82.7 cm³/mol. The maximum absolute atomic E-state index is 13.9. The zero-order valence-corrected chi connectivity index (χ0v) is 12.7. The van der Waals surface area contributed by atoms with E-state index in [-0.39, 0.29) is 11.9 Å². The van der Waals surface area contributed by atoms with Crippen molar-refractivity contribution in [2.24, 2.45) is 0 Å². The molecule has 0 saturated carbocycles. The number of halogens is 1. The van der Waals surface area contributed by atoms with Gasteiger partial charge in [0.15, 0.2) is 0 Å². The van der Waals surface area contributed by atoms with Crippen LogP contribution in [0.3, 0.4) is 0 Å². The monoisotopic (exact) mass is 289 g/mol. The van der Waals surface area contributed by atoms with E-state index in [1.807, 2.05) is 32.0 Å². The summed E-state index contributed by atoms with van der Waals surface area (Å²) in [6, 6.07) is 10.5. The summed E-state index contributed by atoms with van der Waals surface area (Å²) in [5, 5.41) is 3.18. The maximum atomic E-state index is 13.9. The second kappa shape index (κ2) is 6.48. The molecule has 2 aromatic rings. The van der Waals surface area contributed by atoms with Crippen LogP contribution < -0.4 is 14.8 Å². The van der Waals surface area contributed by atoms with Crippen LogP contribution in [0.1, 0.15) is 24.1 Å². The lowest BCUT2D eigenvalue weighted by molar-refractivity contribution is 0.397. The fraction of sp³-hybridized carbons (Fsp3) is 0.294. The fourth-order valence-corrected chi connectivity index (χ4v) is 2.24. The number of methoxy groups -OCH3 is 2. The van der Waals surface area contributed by atoms with E-state index in [1.54, 1.807) is 26.4 Å². The number of hydrogen-bond donors (Lipinski definition) is 1. The van der Waals surface area contributed by atoms with E-state index < -0.39 is 0 Å². The Kier molecular flexibility index (Phi) is 4.68. The first-order chi connectivity index (χ1) is 10.0. The Hall–Kier alpha value is -2.23. The number of rotatable bonds is 5. The lowest BCUT2D eigenvalue weighted by atomic mass is 10.1. The van der Waals surface area contributed by atoms with Crippen molar-refractivity contribution in [3.63, 3.8) is 0 Å². The van der Waals surface area contributed by atoms with Gasteiger partial charge < -0.3 is 14.8 Å². The molecule has 0 aromatic heterocycles. The van der Waals surface area contributed by atoms with Crippen LogP contribution in [0.4, 0.5) is 10.1 Å². The van der Waals surface area contributed by atoms with Crippen molar-refractivity contribution in [2.75, 3.05) is 19.5 Å². The molecule has 0 aliphatic heterocycles. The van der Waals surface area contributed by atoms with Crippen LogP contribution in [-0.4, -0.2) is 14.2 Å². The van der Waals surface area contributed by atoms with E-state index in [9.17, 15) is 4.39 Å². The Morgan fingerprint density at radius 3 is 2.48 bits per heavy atom. The van der Waals surface area contributed by atoms with Crippen LogP contribution >= 0.6 is 0 Å². The Bertz CT molecular complexity index is 628. The molecule has 0 bridgehead atoms. The SMILES string of the molecule is COc1ccc(OC)c(C(C)Nc2cc(C)ccc2F)c1. The molecule has 0 aliphatic rings. The average Bonchev–Trinajstić information content (AvgIpc) is 2.50. The van der Waals surface area contributed by atoms with E-state index in [1.165, 1.54) is 6.07 Å². The molecule has 0 heterocycles. The molecule has 2 aromatic carbocycles. The summed E-state index contributed by atoms with van der Waals surface area (Å²) in [7, 11) is 3.23. The molecule has 0 radical (unpaired) electrons. The summed E-state index contributed by atoms with van der Waals surface area (Å²) in [6.45, 7) is 3.89. The highest BCUT2D eigenvalue weighted by Gasteiger charge is 2.14. The number of nitrogens with one attached hydrogen (secondary N) is 1. The summed E-state index contributed by atoms with van der Waals surface area (Å²) < 4.78 is 24.5. The van der Waals surface area contributed by atoms with Gasteiger partial charge in [-0.15, -0.1) is 0 Å². The smallest absolute Gasteiger partial charge is 0.146 e. The highest BCUT2D eigenvalue weighted by Crippen LogP contribution is 2.32. The van der Waals surface area contributed by atoms with Crippen molar-refractivity contribution in [1.29, 1.82) is 0 Å². The molecule has 1 unspecified atom stereocenters. The van der Waals surface area contributed by atoms with Gasteiger partial charge in [-0.3, -0.25) is 0 Å². The lowest BCUT2D eigenvalue weighted by Gasteiger charge is -2.20. The largest absolute Gasteiger partial charge is 0.497 e. The zero-order valence-electron chi connectivity index (χ0n) is 12.7. The molecule has 3 nitrogen and oxygen atoms in total. The van der Waals surface area contributed by atoms with Gasteiger partial charge in [-0.1, -0.05) is 6.07 Å². The maximum Gasteiger partial charge on any atom is 0.146 e. The second-order valence-electron chi connectivity index (χ2n) is 4.96. The summed E-state index contributed by atoms with van der Waals surface area (Å²) in [5.41, 5.74) is 2.40. The second-order valence-corrected chi connectivity index (χ2v) is 4.96. The molecule has 1 N–H and O–H groups in total. The number of aryl methyl sites for hydroxylation is 1. The summed E-state index contributed by atoms with van der Waals surface area (Å²) >= 11 is 0. The lowest BCUT2D eigenvalue weighted by Crippen LogP contribution is -2.10. The standard InChI is InChI=1S/C17H20FNO2/c1-11-5-7-15(18)16(9-11)19-12(2)14-10-13(20-3)6-8-17(14)21-4/h5-10,12,19H,1-4H3. The summed E-state index contributed by atoms with van der Waals surface area (Å²) in [4.78, 5) is 0. The molecule has 0 saturated heterocycles. The van der Waals surface area contributed by atoms with Crippen molar-refractivity contribution in [1.82, 2.24) is 0 Å². The van der Waals surface area contributed by atoms with Gasteiger partial charge >= 0.3 is 0 Å². The molecular formula is C17H20FNO2. The van der Waals surface area contributed by atoms with Crippen molar-refractivity contribution in [2.45, 2.75) is 19.9 Å². The molecule has 0 aliphatic carbocycles. The van der Waals surface area contributed by atoms with Gasteiger partial charge in [-0.25, -0.2) is 4.39 Å².